The van der Waals surface area contributed by atoms with E-state index in [1.54, 1.807) is 35.2 Å². The predicted molar refractivity (Wildman–Crippen MR) is 94.5 cm³/mol. The summed E-state index contributed by atoms with van der Waals surface area (Å²) >= 11 is 5.80. The number of imidazole rings is 1. The van der Waals surface area contributed by atoms with Crippen molar-refractivity contribution in [1.29, 1.82) is 0 Å². The molecule has 0 amide bonds. The zero-order valence-electron chi connectivity index (χ0n) is 14.1. The molecule has 0 aliphatic carbocycles. The van der Waals surface area contributed by atoms with Crippen molar-refractivity contribution >= 4 is 11.6 Å². The van der Waals surface area contributed by atoms with E-state index in [1.807, 2.05) is 6.07 Å². The van der Waals surface area contributed by atoms with Crippen LogP contribution in [0.5, 0.6) is 0 Å². The lowest BCUT2D eigenvalue weighted by Crippen LogP contribution is -2.15. The smallest absolute Gasteiger partial charge is 0.327 e. The lowest BCUT2D eigenvalue weighted by molar-refractivity contribution is 0.145. The molecule has 2 aromatic heterocycles. The first-order valence-corrected chi connectivity index (χ1v) is 8.32. The monoisotopic (exact) mass is 390 g/mol. The molecule has 0 N–H and O–H groups in total. The van der Waals surface area contributed by atoms with Gasteiger partial charge in [0.2, 0.25) is 0 Å². The van der Waals surface area contributed by atoms with Crippen LogP contribution >= 0.6 is 11.6 Å². The first kappa shape index (κ1) is 17.3. The van der Waals surface area contributed by atoms with Crippen LogP contribution in [-0.4, -0.2) is 28.9 Å². The molecule has 0 saturated carbocycles. The fourth-order valence-corrected chi connectivity index (χ4v) is 3.06. The number of hydrogen-bond acceptors (Lipinski definition) is 4. The second-order valence-corrected chi connectivity index (χ2v) is 6.33. The van der Waals surface area contributed by atoms with Gasteiger partial charge in [-0.15, -0.1) is 0 Å². The van der Waals surface area contributed by atoms with Gasteiger partial charge in [0, 0.05) is 25.6 Å². The molecule has 0 saturated heterocycles. The number of aromatic nitrogens is 6. The molecule has 0 fully saturated rings. The first-order valence-electron chi connectivity index (χ1n) is 7.94. The molecule has 4 rings (SSSR count). The van der Waals surface area contributed by atoms with E-state index in [1.165, 1.54) is 17.9 Å². The van der Waals surface area contributed by atoms with Crippen molar-refractivity contribution in [2.24, 2.45) is 7.05 Å². The average Bonchev–Trinajstić information content (AvgIpc) is 3.16. The Morgan fingerprint density at radius 2 is 2.07 bits per heavy atom. The Morgan fingerprint density at radius 3 is 2.78 bits per heavy atom. The highest BCUT2D eigenvalue weighted by Gasteiger charge is 2.25. The average molecular weight is 391 g/mol. The van der Waals surface area contributed by atoms with Crippen molar-refractivity contribution in [3.63, 3.8) is 0 Å². The predicted octanol–water partition coefficient (Wildman–Crippen LogP) is 2.91. The van der Waals surface area contributed by atoms with Gasteiger partial charge < -0.3 is 4.57 Å². The van der Waals surface area contributed by atoms with E-state index in [-0.39, 0.29) is 5.69 Å². The third-order valence-corrected chi connectivity index (χ3v) is 4.30. The van der Waals surface area contributed by atoms with E-state index in [2.05, 4.69) is 15.1 Å². The Bertz CT molecular complexity index is 1130. The summed E-state index contributed by atoms with van der Waals surface area (Å²) in [7, 11) is 1.52. The van der Waals surface area contributed by atoms with Crippen LogP contribution in [0.3, 0.4) is 0 Å². The van der Waals surface area contributed by atoms with Crippen LogP contribution in [-0.2, 0) is 13.6 Å². The summed E-state index contributed by atoms with van der Waals surface area (Å²) in [6, 6.07) is 6.86. The SMILES string of the molecule is Cn1cc(-n2c3cccn(Cc4ccc(Cl)nc4)c-3nc2=O)c(C(F)F)n1. The minimum atomic E-state index is -2.81. The summed E-state index contributed by atoms with van der Waals surface area (Å²) in [5.41, 5.74) is 0.180. The van der Waals surface area contributed by atoms with Crippen LogP contribution in [0.1, 0.15) is 17.7 Å². The maximum Gasteiger partial charge on any atom is 0.354 e. The molecule has 2 aliphatic heterocycles. The minimum absolute atomic E-state index is 0.0194. The fourth-order valence-electron chi connectivity index (χ4n) is 2.95. The lowest BCUT2D eigenvalue weighted by Gasteiger charge is -2.12. The summed E-state index contributed by atoms with van der Waals surface area (Å²) in [6.45, 7) is 0.396. The van der Waals surface area contributed by atoms with Crippen molar-refractivity contribution in [2.45, 2.75) is 13.0 Å². The molecule has 0 bridgehead atoms. The van der Waals surface area contributed by atoms with Gasteiger partial charge >= 0.3 is 5.69 Å². The molecule has 2 aliphatic rings. The van der Waals surface area contributed by atoms with Crippen molar-refractivity contribution in [2.75, 3.05) is 0 Å². The van der Waals surface area contributed by atoms with Crippen molar-refractivity contribution in [3.8, 4) is 17.2 Å². The summed E-state index contributed by atoms with van der Waals surface area (Å²) < 4.78 is 30.8. The summed E-state index contributed by atoms with van der Waals surface area (Å²) in [6.07, 6.45) is 1.95. The number of pyridine rings is 2. The first-order chi connectivity index (χ1) is 12.9. The molecule has 0 radical (unpaired) electrons. The van der Waals surface area contributed by atoms with Crippen LogP contribution in [0.15, 0.2) is 47.7 Å². The maximum absolute atomic E-state index is 13.3. The van der Waals surface area contributed by atoms with Crippen molar-refractivity contribution in [3.05, 3.63) is 69.8 Å². The fraction of sp³-hybridized carbons (Fsp3) is 0.176. The molecule has 10 heteroatoms. The summed E-state index contributed by atoms with van der Waals surface area (Å²) in [4.78, 5) is 20.6. The van der Waals surface area contributed by atoms with Gasteiger partial charge in [-0.25, -0.2) is 18.6 Å². The summed E-state index contributed by atoms with van der Waals surface area (Å²) in [5.74, 6) is 0.376. The van der Waals surface area contributed by atoms with Crippen molar-refractivity contribution < 1.29 is 8.78 Å². The van der Waals surface area contributed by atoms with Gasteiger partial charge in [0.05, 0.1) is 17.9 Å². The highest BCUT2D eigenvalue weighted by molar-refractivity contribution is 6.29. The van der Waals surface area contributed by atoms with E-state index in [0.29, 0.717) is 23.2 Å². The normalized spacial score (nSPS) is 11.6. The second-order valence-electron chi connectivity index (χ2n) is 5.94. The van der Waals surface area contributed by atoms with Gasteiger partial charge in [-0.3, -0.25) is 9.25 Å². The highest BCUT2D eigenvalue weighted by atomic mass is 35.5. The van der Waals surface area contributed by atoms with E-state index < -0.39 is 17.8 Å². The number of rotatable bonds is 4. The van der Waals surface area contributed by atoms with Gasteiger partial charge in [0.25, 0.3) is 6.43 Å². The van der Waals surface area contributed by atoms with Crippen LogP contribution in [0.2, 0.25) is 5.15 Å². The quantitative estimate of drug-likeness (QED) is 0.502. The molecule has 7 nitrogen and oxygen atoms in total. The second kappa shape index (κ2) is 6.58. The molecule has 4 heterocycles. The number of nitrogens with zero attached hydrogens (tertiary/aromatic N) is 6. The Hall–Kier alpha value is -3.07. The number of hydrogen-bond donors (Lipinski definition) is 0. The summed E-state index contributed by atoms with van der Waals surface area (Å²) in [5, 5.41) is 4.14. The number of fused-ring (bicyclic) bond motifs is 1. The third kappa shape index (κ3) is 3.10. The molecule has 27 heavy (non-hydrogen) atoms. The van der Waals surface area contributed by atoms with Gasteiger partial charge in [-0.05, 0) is 23.8 Å². The molecule has 0 spiro atoms. The molecule has 2 aromatic rings. The van der Waals surface area contributed by atoms with Crippen LogP contribution in [0.25, 0.3) is 17.2 Å². The Labute approximate surface area is 156 Å². The van der Waals surface area contributed by atoms with Gasteiger partial charge in [-0.2, -0.15) is 10.1 Å². The molecule has 138 valence electrons. The van der Waals surface area contributed by atoms with E-state index in [0.717, 1.165) is 10.1 Å². The third-order valence-electron chi connectivity index (χ3n) is 4.08. The zero-order valence-corrected chi connectivity index (χ0v) is 14.8. The van der Waals surface area contributed by atoms with Gasteiger partial charge in [-0.1, -0.05) is 17.7 Å². The minimum Gasteiger partial charge on any atom is -0.327 e. The van der Waals surface area contributed by atoms with Crippen molar-refractivity contribution in [1.82, 2.24) is 28.9 Å². The van der Waals surface area contributed by atoms with Crippen LogP contribution in [0.4, 0.5) is 8.78 Å². The number of aryl methyl sites for hydroxylation is 1. The Kier molecular flexibility index (Phi) is 4.23. The van der Waals surface area contributed by atoms with Crippen LogP contribution in [0, 0.1) is 0 Å². The van der Waals surface area contributed by atoms with E-state index in [4.69, 9.17) is 11.6 Å². The highest BCUT2D eigenvalue weighted by Crippen LogP contribution is 2.28. The van der Waals surface area contributed by atoms with E-state index in [9.17, 15) is 13.6 Å². The molecular formula is C17H13ClF2N6O. The topological polar surface area (TPSA) is 70.5 Å². The zero-order chi connectivity index (χ0) is 19.1. The van der Waals surface area contributed by atoms with E-state index >= 15 is 0 Å². The lowest BCUT2D eigenvalue weighted by atomic mass is 10.2. The molecule has 0 unspecified atom stereocenters. The van der Waals surface area contributed by atoms with Gasteiger partial charge in [0.15, 0.2) is 11.5 Å². The standard InChI is InChI=1S/C17H13ClF2N6O/c1-24-9-12(14(23-24)15(19)20)26-11-3-2-6-25(16(11)22-17(26)27)8-10-4-5-13(18)21-7-10/h2-7,9,15H,8H2,1H3. The largest absolute Gasteiger partial charge is 0.354 e. The molecule has 0 atom stereocenters. The molecular weight excluding hydrogens is 378 g/mol. The Morgan fingerprint density at radius 1 is 1.26 bits per heavy atom. The maximum atomic E-state index is 13.3. The number of halogens is 3. The Balaban J connectivity index is 1.81. The molecule has 0 aromatic carbocycles. The van der Waals surface area contributed by atoms with Crippen LogP contribution < -0.4 is 5.69 Å². The van der Waals surface area contributed by atoms with Gasteiger partial charge in [0.1, 0.15) is 5.15 Å². The number of alkyl halides is 2.